The standard InChI is InChI=1S/C16H23NO4/c1-3-19-8-4-7-17-12(2)16(18)13-5-6-14-15(11-13)21-10-9-20-14/h5-6,11-12,17H,3-4,7-10H2,1-2H3. The van der Waals surface area contributed by atoms with Crippen molar-refractivity contribution in [3.8, 4) is 11.5 Å². The predicted molar refractivity (Wildman–Crippen MR) is 80.3 cm³/mol. The maximum atomic E-state index is 12.4. The topological polar surface area (TPSA) is 56.8 Å². The minimum absolute atomic E-state index is 0.0587. The SMILES string of the molecule is CCOCCCNC(C)C(=O)c1ccc2c(c1)OCCO2. The number of ketones is 1. The molecule has 1 aliphatic rings. The molecule has 0 aliphatic carbocycles. The molecule has 0 saturated carbocycles. The average molecular weight is 293 g/mol. The maximum absolute atomic E-state index is 12.4. The molecule has 1 N–H and O–H groups in total. The zero-order chi connectivity index (χ0) is 15.1. The van der Waals surface area contributed by atoms with Crippen LogP contribution in [0.4, 0.5) is 0 Å². The fourth-order valence-corrected chi connectivity index (χ4v) is 2.18. The van der Waals surface area contributed by atoms with Crippen LogP contribution in [0.1, 0.15) is 30.6 Å². The van der Waals surface area contributed by atoms with Crippen LogP contribution in [0.25, 0.3) is 0 Å². The highest BCUT2D eigenvalue weighted by molar-refractivity contribution is 6.00. The third-order valence-corrected chi connectivity index (χ3v) is 3.34. The van der Waals surface area contributed by atoms with Crippen LogP contribution in [0.2, 0.25) is 0 Å². The zero-order valence-electron chi connectivity index (χ0n) is 12.7. The molecular weight excluding hydrogens is 270 g/mol. The summed E-state index contributed by atoms with van der Waals surface area (Å²) in [5.41, 5.74) is 0.643. The van der Waals surface area contributed by atoms with Gasteiger partial charge in [0.1, 0.15) is 13.2 Å². The van der Waals surface area contributed by atoms with E-state index in [0.717, 1.165) is 19.6 Å². The fraction of sp³-hybridized carbons (Fsp3) is 0.562. The van der Waals surface area contributed by atoms with Crippen LogP contribution in [0.15, 0.2) is 18.2 Å². The first-order chi connectivity index (χ1) is 10.2. The number of carbonyl (C=O) groups excluding carboxylic acids is 1. The van der Waals surface area contributed by atoms with Crippen molar-refractivity contribution in [1.82, 2.24) is 5.32 Å². The molecule has 0 amide bonds. The summed E-state index contributed by atoms with van der Waals surface area (Å²) in [7, 11) is 0. The summed E-state index contributed by atoms with van der Waals surface area (Å²) >= 11 is 0. The summed E-state index contributed by atoms with van der Waals surface area (Å²) in [6.45, 7) is 7.13. The van der Waals surface area contributed by atoms with Crippen molar-refractivity contribution in [3.05, 3.63) is 23.8 Å². The second-order valence-electron chi connectivity index (χ2n) is 4.95. The minimum atomic E-state index is -0.228. The van der Waals surface area contributed by atoms with Gasteiger partial charge in [0.15, 0.2) is 17.3 Å². The van der Waals surface area contributed by atoms with Crippen LogP contribution < -0.4 is 14.8 Å². The number of ether oxygens (including phenoxy) is 3. The highest BCUT2D eigenvalue weighted by Crippen LogP contribution is 2.31. The molecule has 0 spiro atoms. The van der Waals surface area contributed by atoms with Crippen LogP contribution in [-0.4, -0.2) is 44.8 Å². The number of fused-ring (bicyclic) bond motifs is 1. The van der Waals surface area contributed by atoms with Gasteiger partial charge in [0.2, 0.25) is 0 Å². The van der Waals surface area contributed by atoms with E-state index < -0.39 is 0 Å². The predicted octanol–water partition coefficient (Wildman–Crippen LogP) is 2.05. The summed E-state index contributed by atoms with van der Waals surface area (Å²) < 4.78 is 16.2. The van der Waals surface area contributed by atoms with Crippen molar-refractivity contribution in [2.45, 2.75) is 26.3 Å². The summed E-state index contributed by atoms with van der Waals surface area (Å²) in [5.74, 6) is 1.41. The zero-order valence-corrected chi connectivity index (χ0v) is 12.7. The number of carbonyl (C=O) groups is 1. The van der Waals surface area contributed by atoms with Crippen molar-refractivity contribution in [2.24, 2.45) is 0 Å². The van der Waals surface area contributed by atoms with Gasteiger partial charge in [-0.3, -0.25) is 4.79 Å². The van der Waals surface area contributed by atoms with Crippen molar-refractivity contribution in [2.75, 3.05) is 33.0 Å². The first kappa shape index (κ1) is 15.8. The number of Topliss-reactive ketones (excluding diaryl/α,β-unsaturated/α-hetero) is 1. The van der Waals surface area contributed by atoms with E-state index in [2.05, 4.69) is 5.32 Å². The summed E-state index contributed by atoms with van der Waals surface area (Å²) in [6.07, 6.45) is 0.895. The van der Waals surface area contributed by atoms with E-state index in [1.54, 1.807) is 18.2 Å². The molecule has 0 bridgehead atoms. The van der Waals surface area contributed by atoms with Crippen molar-refractivity contribution in [1.29, 1.82) is 0 Å². The van der Waals surface area contributed by atoms with E-state index in [1.807, 2.05) is 13.8 Å². The largest absolute Gasteiger partial charge is 0.486 e. The van der Waals surface area contributed by atoms with E-state index in [9.17, 15) is 4.79 Å². The third-order valence-electron chi connectivity index (χ3n) is 3.34. The summed E-state index contributed by atoms with van der Waals surface area (Å²) in [5, 5.41) is 3.22. The van der Waals surface area contributed by atoms with Crippen LogP contribution in [0.3, 0.4) is 0 Å². The number of benzene rings is 1. The van der Waals surface area contributed by atoms with Gasteiger partial charge in [-0.1, -0.05) is 0 Å². The van der Waals surface area contributed by atoms with Gasteiger partial charge in [0.25, 0.3) is 0 Å². The van der Waals surface area contributed by atoms with Gasteiger partial charge in [-0.2, -0.15) is 0 Å². The lowest BCUT2D eigenvalue weighted by Gasteiger charge is -2.19. The lowest BCUT2D eigenvalue weighted by atomic mass is 10.0. The Kier molecular flexibility index (Phi) is 6.02. The molecular formula is C16H23NO4. The Hall–Kier alpha value is -1.59. The molecule has 5 nitrogen and oxygen atoms in total. The van der Waals surface area contributed by atoms with Crippen molar-refractivity contribution < 1.29 is 19.0 Å². The van der Waals surface area contributed by atoms with Crippen LogP contribution >= 0.6 is 0 Å². The number of hydrogen-bond acceptors (Lipinski definition) is 5. The fourth-order valence-electron chi connectivity index (χ4n) is 2.18. The van der Waals surface area contributed by atoms with Gasteiger partial charge >= 0.3 is 0 Å². The molecule has 1 atom stereocenters. The quantitative estimate of drug-likeness (QED) is 0.587. The molecule has 0 saturated heterocycles. The van der Waals surface area contributed by atoms with Gasteiger partial charge in [-0.25, -0.2) is 0 Å². The third kappa shape index (κ3) is 4.44. The number of hydrogen-bond donors (Lipinski definition) is 1. The highest BCUT2D eigenvalue weighted by atomic mass is 16.6. The Bertz CT molecular complexity index is 475. The second-order valence-corrected chi connectivity index (χ2v) is 4.95. The van der Waals surface area contributed by atoms with Gasteiger partial charge in [0.05, 0.1) is 6.04 Å². The molecule has 21 heavy (non-hydrogen) atoms. The minimum Gasteiger partial charge on any atom is -0.486 e. The molecule has 5 heteroatoms. The molecule has 116 valence electrons. The Balaban J connectivity index is 1.87. The Morgan fingerprint density at radius 1 is 1.33 bits per heavy atom. The molecule has 1 unspecified atom stereocenters. The first-order valence-electron chi connectivity index (χ1n) is 7.47. The molecule has 1 aromatic rings. The lowest BCUT2D eigenvalue weighted by Crippen LogP contribution is -2.35. The normalized spacial score (nSPS) is 14.8. The van der Waals surface area contributed by atoms with Gasteiger partial charge in [-0.15, -0.1) is 0 Å². The molecule has 2 rings (SSSR count). The van der Waals surface area contributed by atoms with Gasteiger partial charge in [0, 0.05) is 18.8 Å². The molecule has 1 aliphatic heterocycles. The molecule has 0 fully saturated rings. The summed E-state index contributed by atoms with van der Waals surface area (Å²) in [4.78, 5) is 12.4. The van der Waals surface area contributed by atoms with Gasteiger partial charge in [-0.05, 0) is 45.0 Å². The Morgan fingerprint density at radius 2 is 2.10 bits per heavy atom. The molecule has 0 aromatic heterocycles. The van der Waals surface area contributed by atoms with E-state index in [0.29, 0.717) is 36.9 Å². The maximum Gasteiger partial charge on any atom is 0.179 e. The Morgan fingerprint density at radius 3 is 2.86 bits per heavy atom. The average Bonchev–Trinajstić information content (AvgIpc) is 2.53. The smallest absolute Gasteiger partial charge is 0.179 e. The highest BCUT2D eigenvalue weighted by Gasteiger charge is 2.18. The van der Waals surface area contributed by atoms with E-state index in [4.69, 9.17) is 14.2 Å². The van der Waals surface area contributed by atoms with E-state index in [-0.39, 0.29) is 11.8 Å². The van der Waals surface area contributed by atoms with Crippen molar-refractivity contribution in [3.63, 3.8) is 0 Å². The van der Waals surface area contributed by atoms with Crippen LogP contribution in [-0.2, 0) is 4.74 Å². The molecule has 0 radical (unpaired) electrons. The molecule has 1 aromatic carbocycles. The second kappa shape index (κ2) is 8.00. The lowest BCUT2D eigenvalue weighted by molar-refractivity contribution is 0.0945. The monoisotopic (exact) mass is 293 g/mol. The van der Waals surface area contributed by atoms with Crippen LogP contribution in [0, 0.1) is 0 Å². The first-order valence-corrected chi connectivity index (χ1v) is 7.47. The van der Waals surface area contributed by atoms with Crippen LogP contribution in [0.5, 0.6) is 11.5 Å². The Labute approximate surface area is 125 Å². The summed E-state index contributed by atoms with van der Waals surface area (Å²) in [6, 6.07) is 5.11. The number of nitrogens with one attached hydrogen (secondary N) is 1. The van der Waals surface area contributed by atoms with Gasteiger partial charge < -0.3 is 19.5 Å². The van der Waals surface area contributed by atoms with E-state index >= 15 is 0 Å². The molecule has 1 heterocycles. The van der Waals surface area contributed by atoms with Crippen molar-refractivity contribution >= 4 is 5.78 Å². The number of rotatable bonds is 8. The van der Waals surface area contributed by atoms with E-state index in [1.165, 1.54) is 0 Å².